The van der Waals surface area contributed by atoms with Crippen molar-refractivity contribution in [3.05, 3.63) is 84.0 Å². The van der Waals surface area contributed by atoms with E-state index in [1.807, 2.05) is 66.8 Å². The first-order valence-electron chi connectivity index (χ1n) is 10.2. The third kappa shape index (κ3) is 5.42. The van der Waals surface area contributed by atoms with Gasteiger partial charge in [-0.15, -0.1) is 0 Å². The molecular formula is C25H24N2O4. The maximum absolute atomic E-state index is 12.4. The molecule has 0 saturated carbocycles. The number of hydrogen-bond acceptors (Lipinski definition) is 4. The summed E-state index contributed by atoms with van der Waals surface area (Å²) >= 11 is 0. The average molecular weight is 416 g/mol. The van der Waals surface area contributed by atoms with Crippen molar-refractivity contribution in [3.8, 4) is 11.5 Å². The molecule has 2 heterocycles. The van der Waals surface area contributed by atoms with Crippen LogP contribution >= 0.6 is 0 Å². The van der Waals surface area contributed by atoms with Crippen LogP contribution in [0.2, 0.25) is 0 Å². The normalized spacial score (nSPS) is 16.0. The fourth-order valence-corrected chi connectivity index (χ4v) is 3.41. The smallest absolute Gasteiger partial charge is 0.246 e. The van der Waals surface area contributed by atoms with Gasteiger partial charge in [0.15, 0.2) is 11.5 Å². The molecule has 0 aromatic heterocycles. The number of allylic oxidation sites excluding steroid dienone is 2. The molecule has 158 valence electrons. The summed E-state index contributed by atoms with van der Waals surface area (Å²) in [5.41, 5.74) is 1.96. The zero-order chi connectivity index (χ0) is 21.5. The highest BCUT2D eigenvalue weighted by Crippen LogP contribution is 2.32. The minimum Gasteiger partial charge on any atom is -0.454 e. The minimum atomic E-state index is -0.0535. The fourth-order valence-electron chi connectivity index (χ4n) is 3.41. The van der Waals surface area contributed by atoms with Crippen LogP contribution in [0.5, 0.6) is 11.5 Å². The molecule has 0 bridgehead atoms. The van der Waals surface area contributed by atoms with Crippen LogP contribution in [-0.2, 0) is 9.59 Å². The standard InChI is InChI=1S/C25H24N2O4/c28-24(9-5-4-8-21-10-12-22-23(18-21)31-19-30-22)26-14-16-27(17-15-26)25(29)13-11-20-6-2-1-3-7-20/h1-13,18H,14-17,19H2/b8-4+,9-5+,13-11+. The van der Waals surface area contributed by atoms with Crippen LogP contribution in [0.1, 0.15) is 11.1 Å². The molecular weight excluding hydrogens is 392 g/mol. The highest BCUT2D eigenvalue weighted by Gasteiger charge is 2.21. The van der Waals surface area contributed by atoms with E-state index in [0.717, 1.165) is 22.6 Å². The number of carbonyl (C=O) groups excluding carboxylic acids is 2. The van der Waals surface area contributed by atoms with Crippen LogP contribution in [0.15, 0.2) is 72.8 Å². The average Bonchev–Trinajstić information content (AvgIpc) is 3.29. The van der Waals surface area contributed by atoms with Gasteiger partial charge in [-0.05, 0) is 29.3 Å². The molecule has 31 heavy (non-hydrogen) atoms. The van der Waals surface area contributed by atoms with Crippen molar-refractivity contribution in [1.29, 1.82) is 0 Å². The number of hydrogen-bond donors (Lipinski definition) is 0. The van der Waals surface area contributed by atoms with Crippen molar-refractivity contribution in [2.75, 3.05) is 33.0 Å². The summed E-state index contributed by atoms with van der Waals surface area (Å²) in [7, 11) is 0. The minimum absolute atomic E-state index is 0.0295. The maximum Gasteiger partial charge on any atom is 0.246 e. The molecule has 6 heteroatoms. The van der Waals surface area contributed by atoms with Gasteiger partial charge in [0.1, 0.15) is 0 Å². The second-order valence-electron chi connectivity index (χ2n) is 7.23. The van der Waals surface area contributed by atoms with Gasteiger partial charge >= 0.3 is 0 Å². The number of fused-ring (bicyclic) bond motifs is 1. The predicted molar refractivity (Wildman–Crippen MR) is 119 cm³/mol. The predicted octanol–water partition coefficient (Wildman–Crippen LogP) is 3.37. The molecule has 2 aliphatic rings. The Bertz CT molecular complexity index is 1020. The van der Waals surface area contributed by atoms with Crippen LogP contribution in [0.4, 0.5) is 0 Å². The van der Waals surface area contributed by atoms with Crippen LogP contribution in [-0.4, -0.2) is 54.6 Å². The van der Waals surface area contributed by atoms with Crippen molar-refractivity contribution in [2.24, 2.45) is 0 Å². The molecule has 2 aliphatic heterocycles. The largest absolute Gasteiger partial charge is 0.454 e. The lowest BCUT2D eigenvalue weighted by molar-refractivity contribution is -0.134. The van der Waals surface area contributed by atoms with Gasteiger partial charge in [-0.25, -0.2) is 0 Å². The van der Waals surface area contributed by atoms with Gasteiger partial charge in [-0.3, -0.25) is 9.59 Å². The number of rotatable bonds is 5. The molecule has 6 nitrogen and oxygen atoms in total. The van der Waals surface area contributed by atoms with E-state index in [2.05, 4.69) is 0 Å². The zero-order valence-electron chi connectivity index (χ0n) is 17.1. The lowest BCUT2D eigenvalue weighted by Gasteiger charge is -2.33. The lowest BCUT2D eigenvalue weighted by atomic mass is 10.2. The first-order chi connectivity index (χ1) is 15.2. The van der Waals surface area contributed by atoms with E-state index in [0.29, 0.717) is 26.2 Å². The zero-order valence-corrected chi connectivity index (χ0v) is 17.1. The maximum atomic E-state index is 12.4. The number of carbonyl (C=O) groups is 2. The van der Waals surface area contributed by atoms with Crippen LogP contribution in [0.3, 0.4) is 0 Å². The van der Waals surface area contributed by atoms with Gasteiger partial charge in [-0.2, -0.15) is 0 Å². The molecule has 1 saturated heterocycles. The Balaban J connectivity index is 1.23. The molecule has 2 aromatic rings. The fraction of sp³-hybridized carbons (Fsp3) is 0.200. The van der Waals surface area contributed by atoms with Gasteiger partial charge in [0.2, 0.25) is 18.6 Å². The summed E-state index contributed by atoms with van der Waals surface area (Å²) in [5.74, 6) is 1.39. The van der Waals surface area contributed by atoms with Crippen molar-refractivity contribution < 1.29 is 19.1 Å². The number of piperazine rings is 1. The van der Waals surface area contributed by atoms with E-state index in [9.17, 15) is 9.59 Å². The van der Waals surface area contributed by atoms with Gasteiger partial charge < -0.3 is 19.3 Å². The highest BCUT2D eigenvalue weighted by atomic mass is 16.7. The molecule has 0 N–H and O–H groups in total. The summed E-state index contributed by atoms with van der Waals surface area (Å²) in [6, 6.07) is 15.4. The third-order valence-corrected chi connectivity index (χ3v) is 5.16. The van der Waals surface area contributed by atoms with Crippen LogP contribution < -0.4 is 9.47 Å². The monoisotopic (exact) mass is 416 g/mol. The summed E-state index contributed by atoms with van der Waals surface area (Å²) in [6.07, 6.45) is 10.4. The van der Waals surface area contributed by atoms with E-state index in [1.165, 1.54) is 0 Å². The molecule has 1 fully saturated rings. The first kappa shape index (κ1) is 20.5. The number of nitrogens with zero attached hydrogens (tertiary/aromatic N) is 2. The van der Waals surface area contributed by atoms with Crippen molar-refractivity contribution in [1.82, 2.24) is 9.80 Å². The second-order valence-corrected chi connectivity index (χ2v) is 7.23. The number of amides is 2. The Labute approximate surface area is 181 Å². The highest BCUT2D eigenvalue weighted by molar-refractivity contribution is 5.92. The van der Waals surface area contributed by atoms with E-state index in [1.54, 1.807) is 28.0 Å². The number of benzene rings is 2. The van der Waals surface area contributed by atoms with Crippen LogP contribution in [0, 0.1) is 0 Å². The first-order valence-corrected chi connectivity index (χ1v) is 10.2. The molecule has 0 unspecified atom stereocenters. The topological polar surface area (TPSA) is 59.1 Å². The van der Waals surface area contributed by atoms with Crippen molar-refractivity contribution in [2.45, 2.75) is 0 Å². The molecule has 0 radical (unpaired) electrons. The SMILES string of the molecule is O=C(/C=C/C=C/c1ccc2c(c1)OCO2)N1CCN(C(=O)/C=C/c2ccccc2)CC1. The Hall–Kier alpha value is -3.80. The quantitative estimate of drug-likeness (QED) is 0.554. The molecule has 0 aliphatic carbocycles. The summed E-state index contributed by atoms with van der Waals surface area (Å²) in [5, 5.41) is 0. The van der Waals surface area contributed by atoms with E-state index in [-0.39, 0.29) is 18.6 Å². The van der Waals surface area contributed by atoms with Crippen molar-refractivity contribution in [3.63, 3.8) is 0 Å². The Morgan fingerprint density at radius 1 is 0.710 bits per heavy atom. The second kappa shape index (κ2) is 9.80. The van der Waals surface area contributed by atoms with Gasteiger partial charge in [0.05, 0.1) is 0 Å². The molecule has 4 rings (SSSR count). The Kier molecular flexibility index (Phi) is 6.47. The summed E-state index contributed by atoms with van der Waals surface area (Å²) < 4.78 is 10.7. The molecule has 2 aromatic carbocycles. The van der Waals surface area contributed by atoms with E-state index >= 15 is 0 Å². The van der Waals surface area contributed by atoms with E-state index in [4.69, 9.17) is 9.47 Å². The summed E-state index contributed by atoms with van der Waals surface area (Å²) in [6.45, 7) is 2.37. The molecule has 0 spiro atoms. The van der Waals surface area contributed by atoms with Crippen LogP contribution in [0.25, 0.3) is 12.2 Å². The lowest BCUT2D eigenvalue weighted by Crippen LogP contribution is -2.49. The number of ether oxygens (including phenoxy) is 2. The van der Waals surface area contributed by atoms with Gasteiger partial charge in [0, 0.05) is 38.3 Å². The summed E-state index contributed by atoms with van der Waals surface area (Å²) in [4.78, 5) is 28.3. The van der Waals surface area contributed by atoms with Gasteiger partial charge in [0.25, 0.3) is 0 Å². The van der Waals surface area contributed by atoms with Gasteiger partial charge in [-0.1, -0.05) is 54.6 Å². The molecule has 0 atom stereocenters. The molecule has 2 amide bonds. The Morgan fingerprint density at radius 2 is 1.39 bits per heavy atom. The third-order valence-electron chi connectivity index (χ3n) is 5.16. The van der Waals surface area contributed by atoms with Crippen molar-refractivity contribution >= 4 is 24.0 Å². The Morgan fingerprint density at radius 3 is 2.13 bits per heavy atom. The van der Waals surface area contributed by atoms with E-state index < -0.39 is 0 Å².